The fraction of sp³-hybridized carbons (Fsp3) is 0.611. The van der Waals surface area contributed by atoms with Crippen molar-refractivity contribution in [2.75, 3.05) is 13.2 Å². The molecule has 1 amide bonds. The van der Waals surface area contributed by atoms with Gasteiger partial charge in [-0.05, 0) is 43.6 Å². The molecule has 2 N–H and O–H groups in total. The lowest BCUT2D eigenvalue weighted by atomic mass is 9.93. The number of carbonyl (C=O) groups excluding carboxylic acids is 1. The van der Waals surface area contributed by atoms with Crippen molar-refractivity contribution in [1.29, 1.82) is 0 Å². The molecule has 120 valence electrons. The van der Waals surface area contributed by atoms with Crippen LogP contribution in [0, 0.1) is 11.8 Å². The molecule has 4 nitrogen and oxygen atoms in total. The number of carbonyl (C=O) groups is 1. The summed E-state index contributed by atoms with van der Waals surface area (Å²) in [5.41, 5.74) is 1.13. The van der Waals surface area contributed by atoms with E-state index in [2.05, 4.69) is 17.4 Å². The van der Waals surface area contributed by atoms with E-state index in [4.69, 9.17) is 4.74 Å². The Balaban J connectivity index is 1.68. The summed E-state index contributed by atoms with van der Waals surface area (Å²) in [6, 6.07) is 10.1. The molecule has 4 unspecified atom stereocenters. The highest BCUT2D eigenvalue weighted by molar-refractivity contribution is 5.80. The number of hydrogen-bond acceptors (Lipinski definition) is 3. The average molecular weight is 303 g/mol. The summed E-state index contributed by atoms with van der Waals surface area (Å²) in [6.45, 7) is 1.60. The molecular weight excluding hydrogens is 278 g/mol. The number of rotatable bonds is 5. The number of benzene rings is 1. The Kier molecular flexibility index (Phi) is 5.11. The molecule has 0 aromatic heterocycles. The van der Waals surface area contributed by atoms with E-state index in [1.165, 1.54) is 0 Å². The molecule has 0 radical (unpaired) electrons. The maximum absolute atomic E-state index is 12.5. The van der Waals surface area contributed by atoms with Crippen LogP contribution in [0.3, 0.4) is 0 Å². The minimum atomic E-state index is -0.480. The first-order chi connectivity index (χ1) is 10.7. The van der Waals surface area contributed by atoms with Crippen LogP contribution in [0.1, 0.15) is 43.7 Å². The van der Waals surface area contributed by atoms with Gasteiger partial charge in [0.1, 0.15) is 0 Å². The zero-order valence-electron chi connectivity index (χ0n) is 12.9. The molecule has 4 atom stereocenters. The van der Waals surface area contributed by atoms with E-state index < -0.39 is 6.10 Å². The third-order valence-electron chi connectivity index (χ3n) is 4.93. The summed E-state index contributed by atoms with van der Waals surface area (Å²) in [7, 11) is 0. The zero-order valence-corrected chi connectivity index (χ0v) is 12.9. The highest BCUT2D eigenvalue weighted by atomic mass is 16.5. The van der Waals surface area contributed by atoms with Gasteiger partial charge in [0.25, 0.3) is 0 Å². The first-order valence-corrected chi connectivity index (χ1v) is 8.35. The van der Waals surface area contributed by atoms with Crippen LogP contribution in [0.4, 0.5) is 0 Å². The lowest BCUT2D eigenvalue weighted by molar-refractivity contribution is -0.128. The summed E-state index contributed by atoms with van der Waals surface area (Å²) in [5.74, 6) is 0.253. The van der Waals surface area contributed by atoms with Crippen LogP contribution in [0.25, 0.3) is 0 Å². The van der Waals surface area contributed by atoms with Gasteiger partial charge in [0.05, 0.1) is 18.1 Å². The topological polar surface area (TPSA) is 58.6 Å². The van der Waals surface area contributed by atoms with Crippen LogP contribution in [-0.4, -0.2) is 30.3 Å². The lowest BCUT2D eigenvalue weighted by Gasteiger charge is -2.24. The molecule has 1 aromatic carbocycles. The van der Waals surface area contributed by atoms with Crippen molar-refractivity contribution in [3.05, 3.63) is 35.9 Å². The van der Waals surface area contributed by atoms with Crippen LogP contribution in [0.15, 0.2) is 30.3 Å². The van der Waals surface area contributed by atoms with Gasteiger partial charge >= 0.3 is 0 Å². The van der Waals surface area contributed by atoms with Crippen LogP contribution in [0.5, 0.6) is 0 Å². The summed E-state index contributed by atoms with van der Waals surface area (Å²) < 4.78 is 5.46. The maximum atomic E-state index is 12.5. The quantitative estimate of drug-likeness (QED) is 0.878. The van der Waals surface area contributed by atoms with E-state index in [1.807, 2.05) is 18.2 Å². The Labute approximate surface area is 131 Å². The molecule has 22 heavy (non-hydrogen) atoms. The maximum Gasteiger partial charge on any atom is 0.226 e. The second-order valence-corrected chi connectivity index (χ2v) is 6.54. The first-order valence-electron chi connectivity index (χ1n) is 8.35. The van der Waals surface area contributed by atoms with Crippen molar-refractivity contribution in [2.24, 2.45) is 11.8 Å². The molecule has 3 rings (SSSR count). The predicted octanol–water partition coefficient (Wildman–Crippen LogP) is 2.43. The van der Waals surface area contributed by atoms with Crippen molar-refractivity contribution in [3.8, 4) is 0 Å². The molecule has 1 heterocycles. The normalized spacial score (nSPS) is 29.4. The molecule has 4 heteroatoms. The second kappa shape index (κ2) is 7.25. The Morgan fingerprint density at radius 3 is 2.73 bits per heavy atom. The van der Waals surface area contributed by atoms with Gasteiger partial charge < -0.3 is 15.2 Å². The molecule has 1 aromatic rings. The van der Waals surface area contributed by atoms with Gasteiger partial charge in [0, 0.05) is 13.2 Å². The largest absolute Gasteiger partial charge is 0.392 e. The molecule has 2 fully saturated rings. The summed E-state index contributed by atoms with van der Waals surface area (Å²) in [5, 5.41) is 13.1. The van der Waals surface area contributed by atoms with Gasteiger partial charge in [-0.1, -0.05) is 30.3 Å². The zero-order chi connectivity index (χ0) is 15.4. The first kappa shape index (κ1) is 15.5. The molecular formula is C18H25NO3. The number of ether oxygens (including phenoxy) is 1. The van der Waals surface area contributed by atoms with Gasteiger partial charge in [0.15, 0.2) is 0 Å². The highest BCUT2D eigenvalue weighted by Crippen LogP contribution is 2.29. The van der Waals surface area contributed by atoms with E-state index in [9.17, 15) is 9.90 Å². The van der Waals surface area contributed by atoms with E-state index in [0.717, 1.165) is 50.9 Å². The van der Waals surface area contributed by atoms with Crippen molar-refractivity contribution in [3.63, 3.8) is 0 Å². The summed E-state index contributed by atoms with van der Waals surface area (Å²) in [4.78, 5) is 12.5. The van der Waals surface area contributed by atoms with Crippen molar-refractivity contribution in [2.45, 2.75) is 44.2 Å². The molecule has 1 aliphatic heterocycles. The van der Waals surface area contributed by atoms with E-state index in [0.29, 0.717) is 5.92 Å². The lowest BCUT2D eigenvalue weighted by Crippen LogP contribution is -2.38. The predicted molar refractivity (Wildman–Crippen MR) is 84.2 cm³/mol. The van der Waals surface area contributed by atoms with E-state index in [-0.39, 0.29) is 17.9 Å². The molecule has 0 spiro atoms. The van der Waals surface area contributed by atoms with Crippen molar-refractivity contribution < 1.29 is 14.6 Å². The molecule has 1 saturated heterocycles. The standard InChI is InChI=1S/C18H25NO3/c20-17-8-4-7-15(17)18(21)19-16(11-13-9-10-22-12-13)14-5-2-1-3-6-14/h1-3,5-6,13,15-17,20H,4,7-12H2,(H,19,21). The number of aliphatic hydroxyl groups is 1. The monoisotopic (exact) mass is 303 g/mol. The number of hydrogen-bond donors (Lipinski definition) is 2. The second-order valence-electron chi connectivity index (χ2n) is 6.54. The molecule has 1 saturated carbocycles. The van der Waals surface area contributed by atoms with Crippen molar-refractivity contribution >= 4 is 5.91 Å². The fourth-order valence-electron chi connectivity index (χ4n) is 3.59. The van der Waals surface area contributed by atoms with Gasteiger partial charge in [-0.3, -0.25) is 4.79 Å². The minimum Gasteiger partial charge on any atom is -0.392 e. The highest BCUT2D eigenvalue weighted by Gasteiger charge is 2.33. The van der Waals surface area contributed by atoms with Crippen LogP contribution < -0.4 is 5.32 Å². The fourth-order valence-corrected chi connectivity index (χ4v) is 3.59. The Hall–Kier alpha value is -1.39. The van der Waals surface area contributed by atoms with E-state index >= 15 is 0 Å². The number of nitrogens with one attached hydrogen (secondary N) is 1. The summed E-state index contributed by atoms with van der Waals surface area (Å²) in [6.07, 6.45) is 3.95. The molecule has 2 aliphatic rings. The minimum absolute atomic E-state index is 0.00207. The Bertz CT molecular complexity index is 484. The molecule has 1 aliphatic carbocycles. The van der Waals surface area contributed by atoms with Gasteiger partial charge in [-0.15, -0.1) is 0 Å². The van der Waals surface area contributed by atoms with Crippen molar-refractivity contribution in [1.82, 2.24) is 5.32 Å². The number of aliphatic hydroxyl groups excluding tert-OH is 1. The van der Waals surface area contributed by atoms with Crippen LogP contribution >= 0.6 is 0 Å². The third kappa shape index (κ3) is 3.68. The van der Waals surface area contributed by atoms with Crippen LogP contribution in [-0.2, 0) is 9.53 Å². The smallest absolute Gasteiger partial charge is 0.226 e. The Morgan fingerprint density at radius 1 is 1.27 bits per heavy atom. The van der Waals surface area contributed by atoms with Gasteiger partial charge in [-0.25, -0.2) is 0 Å². The van der Waals surface area contributed by atoms with Crippen LogP contribution in [0.2, 0.25) is 0 Å². The average Bonchev–Trinajstić information content (AvgIpc) is 3.19. The van der Waals surface area contributed by atoms with E-state index in [1.54, 1.807) is 0 Å². The van der Waals surface area contributed by atoms with Gasteiger partial charge in [0.2, 0.25) is 5.91 Å². The van der Waals surface area contributed by atoms with Gasteiger partial charge in [-0.2, -0.15) is 0 Å². The molecule has 0 bridgehead atoms. The third-order valence-corrected chi connectivity index (χ3v) is 4.93. The number of amides is 1. The summed E-state index contributed by atoms with van der Waals surface area (Å²) >= 11 is 0. The SMILES string of the molecule is O=C(NC(CC1CCOC1)c1ccccc1)C1CCCC1O. The Morgan fingerprint density at radius 2 is 2.09 bits per heavy atom.